The molecule has 0 aliphatic carbocycles. The lowest BCUT2D eigenvalue weighted by atomic mass is 10.2. The van der Waals surface area contributed by atoms with Gasteiger partial charge in [-0.15, -0.1) is 11.3 Å². The fourth-order valence-corrected chi connectivity index (χ4v) is 2.94. The molecule has 134 valence electrons. The van der Waals surface area contributed by atoms with Gasteiger partial charge in [0.1, 0.15) is 28.8 Å². The number of rotatable bonds is 7. The van der Waals surface area contributed by atoms with E-state index in [0.717, 1.165) is 16.5 Å². The predicted octanol–water partition coefficient (Wildman–Crippen LogP) is 4.68. The van der Waals surface area contributed by atoms with Gasteiger partial charge in [0.25, 0.3) is 5.91 Å². The van der Waals surface area contributed by atoms with Crippen LogP contribution in [0.1, 0.15) is 28.0 Å². The molecule has 0 aliphatic rings. The van der Waals surface area contributed by atoms with E-state index in [-0.39, 0.29) is 5.91 Å². The summed E-state index contributed by atoms with van der Waals surface area (Å²) in [6.07, 6.45) is 0. The Bertz CT molecular complexity index is 858. The summed E-state index contributed by atoms with van der Waals surface area (Å²) >= 11 is 1.40. The van der Waals surface area contributed by atoms with E-state index in [1.54, 1.807) is 17.5 Å². The number of hydrogen-bond acceptors (Lipinski definition) is 5. The van der Waals surface area contributed by atoms with Gasteiger partial charge in [-0.1, -0.05) is 17.7 Å². The van der Waals surface area contributed by atoms with Crippen LogP contribution in [0.15, 0.2) is 53.9 Å². The maximum atomic E-state index is 12.3. The molecule has 5 nitrogen and oxygen atoms in total. The topological polar surface area (TPSA) is 60.5 Å². The molecule has 0 aliphatic heterocycles. The quantitative estimate of drug-likeness (QED) is 0.658. The fourth-order valence-electron chi connectivity index (χ4n) is 2.26. The van der Waals surface area contributed by atoms with Gasteiger partial charge in [-0.25, -0.2) is 4.98 Å². The van der Waals surface area contributed by atoms with Crippen LogP contribution in [-0.4, -0.2) is 17.5 Å². The average Bonchev–Trinajstić information content (AvgIpc) is 3.12. The van der Waals surface area contributed by atoms with Crippen molar-refractivity contribution >= 4 is 22.9 Å². The van der Waals surface area contributed by atoms with E-state index in [1.807, 2.05) is 50.2 Å². The Kier molecular flexibility index (Phi) is 5.86. The number of carbonyl (C=O) groups is 1. The molecule has 0 bridgehead atoms. The van der Waals surface area contributed by atoms with Gasteiger partial charge in [0.2, 0.25) is 0 Å². The van der Waals surface area contributed by atoms with Crippen molar-refractivity contribution in [2.45, 2.75) is 20.5 Å². The largest absolute Gasteiger partial charge is 0.494 e. The summed E-state index contributed by atoms with van der Waals surface area (Å²) in [5.74, 6) is 1.31. The number of aromatic nitrogens is 1. The van der Waals surface area contributed by atoms with E-state index in [4.69, 9.17) is 9.47 Å². The molecule has 0 radical (unpaired) electrons. The minimum absolute atomic E-state index is 0.244. The minimum atomic E-state index is -0.244. The molecule has 0 saturated heterocycles. The summed E-state index contributed by atoms with van der Waals surface area (Å²) in [5.41, 5.74) is 2.26. The molecule has 26 heavy (non-hydrogen) atoms. The third kappa shape index (κ3) is 4.83. The summed E-state index contributed by atoms with van der Waals surface area (Å²) < 4.78 is 11.1. The summed E-state index contributed by atoms with van der Waals surface area (Å²) in [4.78, 5) is 16.7. The van der Waals surface area contributed by atoms with Gasteiger partial charge in [0, 0.05) is 11.1 Å². The number of nitrogens with zero attached hydrogens (tertiary/aromatic N) is 1. The van der Waals surface area contributed by atoms with E-state index in [9.17, 15) is 4.79 Å². The zero-order chi connectivity index (χ0) is 18.4. The molecule has 1 heterocycles. The van der Waals surface area contributed by atoms with Crippen molar-refractivity contribution in [2.24, 2.45) is 0 Å². The molecule has 0 saturated carbocycles. The molecule has 3 aromatic rings. The molecule has 0 spiro atoms. The van der Waals surface area contributed by atoms with Gasteiger partial charge in [-0.2, -0.15) is 0 Å². The normalized spacial score (nSPS) is 10.4. The number of amides is 1. The molecular formula is C20H20N2O3S. The lowest BCUT2D eigenvalue weighted by Crippen LogP contribution is -2.12. The van der Waals surface area contributed by atoms with Gasteiger partial charge in [-0.3, -0.25) is 4.79 Å². The molecule has 0 fully saturated rings. The number of nitrogens with one attached hydrogen (secondary N) is 1. The first-order chi connectivity index (χ1) is 12.6. The summed E-state index contributed by atoms with van der Waals surface area (Å²) in [6, 6.07) is 15.1. The van der Waals surface area contributed by atoms with Crippen LogP contribution in [0.5, 0.6) is 11.5 Å². The number of ether oxygens (including phenoxy) is 2. The second kappa shape index (κ2) is 8.49. The first kappa shape index (κ1) is 17.9. The van der Waals surface area contributed by atoms with Crippen molar-refractivity contribution in [3.63, 3.8) is 0 Å². The standard InChI is InChI=1S/C20H20N2O3S/c1-3-24-16-10-6-15(7-11-16)21-20(23)18-13-26-19(22-18)12-25-17-8-4-14(2)5-9-17/h4-11,13H,3,12H2,1-2H3,(H,21,23). The molecule has 3 rings (SSSR count). The van der Waals surface area contributed by atoms with Crippen molar-refractivity contribution in [1.82, 2.24) is 4.98 Å². The molecule has 1 aromatic heterocycles. The Labute approximate surface area is 156 Å². The highest BCUT2D eigenvalue weighted by Crippen LogP contribution is 2.19. The van der Waals surface area contributed by atoms with Crippen molar-refractivity contribution < 1.29 is 14.3 Å². The maximum absolute atomic E-state index is 12.3. The third-order valence-electron chi connectivity index (χ3n) is 3.59. The van der Waals surface area contributed by atoms with Crippen molar-refractivity contribution in [3.05, 3.63) is 70.2 Å². The van der Waals surface area contributed by atoms with Gasteiger partial charge < -0.3 is 14.8 Å². The van der Waals surface area contributed by atoms with E-state index < -0.39 is 0 Å². The molecule has 2 aromatic carbocycles. The summed E-state index contributed by atoms with van der Waals surface area (Å²) in [5, 5.41) is 5.32. The number of thiazole rings is 1. The monoisotopic (exact) mass is 368 g/mol. The average molecular weight is 368 g/mol. The Hall–Kier alpha value is -2.86. The highest BCUT2D eigenvalue weighted by atomic mass is 32.1. The van der Waals surface area contributed by atoms with Crippen molar-refractivity contribution in [2.75, 3.05) is 11.9 Å². The van der Waals surface area contributed by atoms with Crippen LogP contribution in [0, 0.1) is 6.92 Å². The highest BCUT2D eigenvalue weighted by Gasteiger charge is 2.11. The smallest absolute Gasteiger partial charge is 0.275 e. The SMILES string of the molecule is CCOc1ccc(NC(=O)c2csc(COc3ccc(C)cc3)n2)cc1. The Morgan fingerprint density at radius 3 is 2.38 bits per heavy atom. The Morgan fingerprint density at radius 2 is 1.69 bits per heavy atom. The number of benzene rings is 2. The molecule has 1 amide bonds. The predicted molar refractivity (Wildman–Crippen MR) is 103 cm³/mol. The molecule has 0 unspecified atom stereocenters. The number of anilines is 1. The van der Waals surface area contributed by atoms with Crippen molar-refractivity contribution in [1.29, 1.82) is 0 Å². The number of carbonyl (C=O) groups excluding carboxylic acids is 1. The lowest BCUT2D eigenvalue weighted by molar-refractivity contribution is 0.102. The van der Waals surface area contributed by atoms with Gasteiger partial charge in [-0.05, 0) is 50.2 Å². The lowest BCUT2D eigenvalue weighted by Gasteiger charge is -2.06. The zero-order valence-corrected chi connectivity index (χ0v) is 15.5. The fraction of sp³-hybridized carbons (Fsp3) is 0.200. The van der Waals surface area contributed by atoms with E-state index in [1.165, 1.54) is 16.9 Å². The molecular weight excluding hydrogens is 348 g/mol. The Morgan fingerprint density at radius 1 is 1.04 bits per heavy atom. The van der Waals surface area contributed by atoms with Crippen molar-refractivity contribution in [3.8, 4) is 11.5 Å². The van der Waals surface area contributed by atoms with Gasteiger partial charge >= 0.3 is 0 Å². The summed E-state index contributed by atoms with van der Waals surface area (Å²) in [6.45, 7) is 4.90. The molecule has 0 atom stereocenters. The number of hydrogen-bond donors (Lipinski definition) is 1. The Balaban J connectivity index is 1.56. The van der Waals surface area contributed by atoms with E-state index in [2.05, 4.69) is 10.3 Å². The second-order valence-corrected chi connectivity index (χ2v) is 6.58. The summed E-state index contributed by atoms with van der Waals surface area (Å²) in [7, 11) is 0. The third-order valence-corrected chi connectivity index (χ3v) is 4.41. The van der Waals surface area contributed by atoms with E-state index in [0.29, 0.717) is 24.6 Å². The van der Waals surface area contributed by atoms with Crippen LogP contribution in [-0.2, 0) is 6.61 Å². The second-order valence-electron chi connectivity index (χ2n) is 5.64. The zero-order valence-electron chi connectivity index (χ0n) is 14.7. The van der Waals surface area contributed by atoms with E-state index >= 15 is 0 Å². The molecule has 6 heteroatoms. The van der Waals surface area contributed by atoms with Crippen LogP contribution in [0.4, 0.5) is 5.69 Å². The van der Waals surface area contributed by atoms with Crippen LogP contribution in [0.3, 0.4) is 0 Å². The maximum Gasteiger partial charge on any atom is 0.275 e. The first-order valence-electron chi connectivity index (χ1n) is 8.32. The molecule has 1 N–H and O–H groups in total. The van der Waals surface area contributed by atoms with Crippen LogP contribution in [0.25, 0.3) is 0 Å². The van der Waals surface area contributed by atoms with Gasteiger partial charge in [0.05, 0.1) is 6.61 Å². The first-order valence-corrected chi connectivity index (χ1v) is 9.20. The van der Waals surface area contributed by atoms with Crippen LogP contribution >= 0.6 is 11.3 Å². The highest BCUT2D eigenvalue weighted by molar-refractivity contribution is 7.09. The minimum Gasteiger partial charge on any atom is -0.494 e. The van der Waals surface area contributed by atoms with Gasteiger partial charge in [0.15, 0.2) is 0 Å². The van der Waals surface area contributed by atoms with Crippen LogP contribution < -0.4 is 14.8 Å². The van der Waals surface area contributed by atoms with Crippen LogP contribution in [0.2, 0.25) is 0 Å². The number of aryl methyl sites for hydroxylation is 1.